The highest BCUT2D eigenvalue weighted by atomic mass is 16.6. The number of nitrogens with zero attached hydrogens (tertiary/aromatic N) is 25. The maximum absolute atomic E-state index is 10.6. The molecule has 0 bridgehead atoms. The second-order valence-corrected chi connectivity index (χ2v) is 35.3. The number of fused-ring (bicyclic) bond motifs is 10. The van der Waals surface area contributed by atoms with Gasteiger partial charge in [0, 0.05) is 139 Å². The smallest absolute Gasteiger partial charge is 0.231 e. The van der Waals surface area contributed by atoms with Crippen LogP contribution in [-0.4, -0.2) is 279 Å². The van der Waals surface area contributed by atoms with Crippen LogP contribution in [0, 0.1) is 0 Å². The van der Waals surface area contributed by atoms with E-state index in [9.17, 15) is 40.9 Å². The number of anilines is 15. The van der Waals surface area contributed by atoms with Gasteiger partial charge in [0.2, 0.25) is 29.7 Å². The fourth-order valence-electron chi connectivity index (χ4n) is 18.1. The normalized spacial score (nSPS) is 19.4. The Morgan fingerprint density at radius 3 is 1.08 bits per heavy atom. The van der Waals surface area contributed by atoms with Crippen molar-refractivity contribution in [1.29, 1.82) is 0 Å². The van der Waals surface area contributed by atoms with E-state index >= 15 is 0 Å². The van der Waals surface area contributed by atoms with Crippen molar-refractivity contribution >= 4 is 198 Å². The molecule has 0 amide bonds. The molecule has 5 aliphatic heterocycles. The third-order valence-corrected chi connectivity index (χ3v) is 25.4. The van der Waals surface area contributed by atoms with E-state index in [1.54, 1.807) is 77.3 Å². The van der Waals surface area contributed by atoms with E-state index in [1.165, 1.54) is 30.1 Å². The Labute approximate surface area is 841 Å². The van der Waals surface area contributed by atoms with Gasteiger partial charge in [-0.1, -0.05) is 48.6 Å². The van der Waals surface area contributed by atoms with Gasteiger partial charge in [-0.15, -0.1) is 19.7 Å². The Balaban J connectivity index is 0.000000109. The molecule has 752 valence electrons. The van der Waals surface area contributed by atoms with Crippen LogP contribution in [-0.2, 0) is 14.2 Å². The minimum atomic E-state index is -1.26. The van der Waals surface area contributed by atoms with E-state index in [2.05, 4.69) is 173 Å². The number of ether oxygens (including phenoxy) is 3. The van der Waals surface area contributed by atoms with Gasteiger partial charge in [0.25, 0.3) is 0 Å². The second kappa shape index (κ2) is 43.7. The van der Waals surface area contributed by atoms with Crippen molar-refractivity contribution in [3.05, 3.63) is 252 Å². The first-order valence-corrected chi connectivity index (χ1v) is 48.1. The van der Waals surface area contributed by atoms with E-state index in [1.807, 2.05) is 146 Å². The zero-order chi connectivity index (χ0) is 101. The van der Waals surface area contributed by atoms with Crippen molar-refractivity contribution < 1.29 is 55.1 Å². The quantitative estimate of drug-likeness (QED) is 0.0213. The number of rotatable bonds is 27. The number of pyridine rings is 5. The highest BCUT2D eigenvalue weighted by molar-refractivity contribution is 5.93. The molecule has 148 heavy (non-hydrogen) atoms. The number of nitrogens with one attached hydrogen (secondary N) is 10. The molecule has 0 aliphatic carbocycles. The molecule has 5 saturated heterocycles. The molecule has 5 aromatic carbocycles. The van der Waals surface area contributed by atoms with Crippen LogP contribution in [0.15, 0.2) is 252 Å². The number of hydrogen-bond donors (Lipinski definition) is 18. The van der Waals surface area contributed by atoms with E-state index in [-0.39, 0.29) is 6.61 Å². The molecule has 5 aliphatic rings. The van der Waals surface area contributed by atoms with Crippen LogP contribution in [0.4, 0.5) is 87.3 Å². The van der Waals surface area contributed by atoms with Crippen LogP contribution in [0.3, 0.4) is 0 Å². The lowest BCUT2D eigenvalue weighted by Gasteiger charge is -2.20. The predicted molar refractivity (Wildman–Crippen MR) is 561 cm³/mol. The average molecular weight is 2000 g/mol. The Morgan fingerprint density at radius 2 is 0.682 bits per heavy atom. The van der Waals surface area contributed by atoms with E-state index in [0.29, 0.717) is 124 Å². The molecule has 25 rings (SSSR count). The van der Waals surface area contributed by atoms with Gasteiger partial charge in [-0.2, -0.15) is 49.8 Å². The molecule has 46 heteroatoms. The number of aliphatic hydroxyl groups excluding tert-OH is 8. The number of H-pyrrole nitrogens is 2. The molecule has 20 aromatic rings. The summed E-state index contributed by atoms with van der Waals surface area (Å²) in [7, 11) is 0. The Kier molecular flexibility index (Phi) is 28.6. The lowest BCUT2D eigenvalue weighted by molar-refractivity contribution is -0.0511. The van der Waals surface area contributed by atoms with E-state index < -0.39 is 80.7 Å². The zero-order valence-corrected chi connectivity index (χ0v) is 79.5. The van der Waals surface area contributed by atoms with Gasteiger partial charge in [-0.25, -0.2) is 24.9 Å². The molecule has 0 radical (unpaired) electrons. The summed E-state index contributed by atoms with van der Waals surface area (Å²) < 4.78 is 22.1. The highest BCUT2D eigenvalue weighted by Gasteiger charge is 2.46. The van der Waals surface area contributed by atoms with Crippen LogP contribution in [0.1, 0.15) is 50.8 Å². The first-order valence-electron chi connectivity index (χ1n) is 48.1. The maximum atomic E-state index is 10.6. The fraction of sp³-hybridized carbons (Fsp3) is 0.255. The summed E-state index contributed by atoms with van der Waals surface area (Å²) in [6, 6.07) is 48.8. The third kappa shape index (κ3) is 20.8. The number of aromatic nitrogens is 25. The molecule has 15 aromatic heterocycles. The molecule has 46 nitrogen and oxygen atoms in total. The summed E-state index contributed by atoms with van der Waals surface area (Å²) in [5, 5.41) is 111. The molecular formula is C102H103N35O11. The van der Waals surface area contributed by atoms with Crippen LogP contribution in [0.2, 0.25) is 0 Å². The van der Waals surface area contributed by atoms with Gasteiger partial charge in [-0.05, 0) is 147 Å². The van der Waals surface area contributed by atoms with Crippen LogP contribution < -0.4 is 52.3 Å². The van der Waals surface area contributed by atoms with Crippen molar-refractivity contribution in [2.45, 2.75) is 99.6 Å². The summed E-state index contributed by atoms with van der Waals surface area (Å²) in [6.07, 6.45) is 16.2. The third-order valence-electron chi connectivity index (χ3n) is 25.4. The first-order chi connectivity index (χ1) is 72.6. The Hall–Kier alpha value is -17.3. The molecule has 11 atom stereocenters. The molecular weight excluding hydrogens is 1890 g/mol. The number of benzene rings is 5. The van der Waals surface area contributed by atoms with E-state index in [0.717, 1.165) is 139 Å². The van der Waals surface area contributed by atoms with Gasteiger partial charge in [0.15, 0.2) is 86.3 Å². The van der Waals surface area contributed by atoms with Crippen molar-refractivity contribution in [2.24, 2.45) is 0 Å². The molecule has 11 unspecified atom stereocenters. The standard InChI is InChI=1S/C23H25N7O4.C22H23N7O4.C22H23N7O3.C18H17N7.C17H15N7/c31-11-16-18(32)19(33)22(34-16)30-12-25-17-20(29-8-1-2-9-29)27-23(28-21(17)30)26-14-5-6-15-13(10-14)4-3-7-24-15;1-2-7-24-19-16-20(29(11-25-16)21-18(32)17(31)15(10-30)33-21)28-22(27-19)26-13-5-6-14-12(9-13)4-3-8-23-14;1-2-7-24-20-19-21(29(12-25-19)18-10-16(31)17(11-30)32-18)28-22(27-20)26-14-5-6-15-13(9-14)4-3-8-23-15;1-2-9-25(8-1)17-15-16(21-11-20-15)23-18(24-17)22-13-5-6-14-12(10-13)4-3-7-19-14;1-2-7-19-15-14-16(21-10-20-14)24-17(23-15)22-12-5-6-13-11(9-12)4-3-8-18-13/h3-7,10,12,16,18-19,22,31-33H,1-2,8-9,11H2,(H,26,27,28);2-6,8-9,11,15,17-18,21,30-32H,1,7,10H2,(H2,24,26,27,28);2-6,8-9,12,16-18,30-31H,1,7,10-11H2,(H2,24,26,27,28);3-7,10-11H,1-2,8-9H2,(H2,20,21,22,23,24);2-6,8-10H,1,7H2,(H3,19,20,21,22,23,24). The summed E-state index contributed by atoms with van der Waals surface area (Å²) in [4.78, 5) is 100. The van der Waals surface area contributed by atoms with Gasteiger partial charge in [0.05, 0.1) is 85.1 Å². The first kappa shape index (κ1) is 96.8. The number of aliphatic hydroxyl groups is 8. The topological polar surface area (TPSA) is 596 Å². The SMILES string of the molecule is C=CCNc1nc(Nc2ccc3ncccc3c2)nc2c1ncn2C1CC(O)C(CO)O1.C=CCNc1nc(Nc2ccc3ncccc3c2)nc2c1ncn2C1OC(CO)C(O)C1O.C=CCNc1nc(Nc2ccc3ncccc3c2)nc2nc[nH]c12.OCC1OC(n2cnc3c(N4CCCC4)nc(Nc4ccc5ncccc5c4)nc32)C(O)C1O.c1cnc2ccc(Nc3nc(N4CCCC4)c4[nH]cnc4n3)cc2c1. The lowest BCUT2D eigenvalue weighted by atomic mass is 10.1. The second-order valence-electron chi connectivity index (χ2n) is 35.3. The van der Waals surface area contributed by atoms with E-state index in [4.69, 9.17) is 29.2 Å². The molecule has 0 spiro atoms. The molecule has 20 heterocycles. The minimum absolute atomic E-state index is 0.255. The van der Waals surface area contributed by atoms with Gasteiger partial charge >= 0.3 is 0 Å². The number of aromatic amines is 2. The largest absolute Gasteiger partial charge is 0.394 e. The molecule has 18 N–H and O–H groups in total. The van der Waals surface area contributed by atoms with Crippen molar-refractivity contribution in [3.8, 4) is 0 Å². The van der Waals surface area contributed by atoms with Crippen LogP contribution in [0.25, 0.3) is 110 Å². The summed E-state index contributed by atoms with van der Waals surface area (Å²) in [5.41, 5.74) is 14.8. The molecule has 0 saturated carbocycles. The highest BCUT2D eigenvalue weighted by Crippen LogP contribution is 2.40. The van der Waals surface area contributed by atoms with Gasteiger partial charge in [0.1, 0.15) is 60.0 Å². The lowest BCUT2D eigenvalue weighted by Crippen LogP contribution is -2.33. The monoisotopic (exact) mass is 1990 g/mol. The number of imidazole rings is 5. The van der Waals surface area contributed by atoms with Crippen LogP contribution in [0.5, 0.6) is 0 Å². The van der Waals surface area contributed by atoms with Gasteiger partial charge in [-0.3, -0.25) is 38.6 Å². The Bertz CT molecular complexity index is 8190. The van der Waals surface area contributed by atoms with Crippen molar-refractivity contribution in [2.75, 3.05) is 118 Å². The maximum Gasteiger partial charge on any atom is 0.231 e. The van der Waals surface area contributed by atoms with Crippen molar-refractivity contribution in [3.63, 3.8) is 0 Å². The Morgan fingerprint density at radius 1 is 0.345 bits per heavy atom. The minimum Gasteiger partial charge on any atom is -0.394 e. The summed E-state index contributed by atoms with van der Waals surface area (Å²) >= 11 is 0. The zero-order valence-electron chi connectivity index (χ0n) is 79.5. The average Bonchev–Trinajstić information content (AvgIpc) is 1.60. The van der Waals surface area contributed by atoms with Gasteiger partial charge < -0.3 is 117 Å². The summed E-state index contributed by atoms with van der Waals surface area (Å²) in [6.45, 7) is 15.4. The van der Waals surface area contributed by atoms with Crippen LogP contribution >= 0.6 is 0 Å². The number of hydrogen-bond acceptors (Lipinski definition) is 41. The van der Waals surface area contributed by atoms with Crippen molar-refractivity contribution in [1.82, 2.24) is 123 Å². The summed E-state index contributed by atoms with van der Waals surface area (Å²) in [5.74, 6) is 5.42. The molecule has 5 fully saturated rings. The fourth-order valence-corrected chi connectivity index (χ4v) is 18.1. The predicted octanol–water partition coefficient (Wildman–Crippen LogP) is 11.5.